The normalized spacial score (nSPS) is 8.18. The van der Waals surface area contributed by atoms with Crippen molar-refractivity contribution in [3.05, 3.63) is 0 Å². The Hall–Kier alpha value is -0.970. The summed E-state index contributed by atoms with van der Waals surface area (Å²) in [5.41, 5.74) is 0. The molecule has 0 fully saturated rings. The molecular formula is C9H14O2. The van der Waals surface area contributed by atoms with Crippen molar-refractivity contribution in [2.45, 2.75) is 33.1 Å². The van der Waals surface area contributed by atoms with Crippen LogP contribution in [0.5, 0.6) is 0 Å². The minimum absolute atomic E-state index is 0.155. The molecule has 0 radical (unpaired) electrons. The Labute approximate surface area is 67.9 Å². The maximum Gasteiger partial charge on any atom is 0.306 e. The highest BCUT2D eigenvalue weighted by Crippen LogP contribution is 1.90. The SMILES string of the molecule is CCC#CCCC(=O)OCC. The van der Waals surface area contributed by atoms with E-state index >= 15 is 0 Å². The van der Waals surface area contributed by atoms with Gasteiger partial charge in [0.2, 0.25) is 0 Å². The molecule has 0 aliphatic rings. The lowest BCUT2D eigenvalue weighted by Crippen LogP contribution is -2.02. The van der Waals surface area contributed by atoms with Gasteiger partial charge in [-0.15, -0.1) is 11.8 Å². The molecule has 62 valence electrons. The molecule has 11 heavy (non-hydrogen) atoms. The van der Waals surface area contributed by atoms with Crippen LogP contribution in [0.25, 0.3) is 0 Å². The average Bonchev–Trinajstić information content (AvgIpc) is 1.99. The van der Waals surface area contributed by atoms with Crippen LogP contribution in [0, 0.1) is 11.8 Å². The molecule has 0 amide bonds. The Kier molecular flexibility index (Phi) is 6.51. The van der Waals surface area contributed by atoms with Crippen LogP contribution in [0.3, 0.4) is 0 Å². The first kappa shape index (κ1) is 10.0. The maximum absolute atomic E-state index is 10.7. The van der Waals surface area contributed by atoms with E-state index in [4.69, 9.17) is 4.74 Å². The second-order valence-corrected chi connectivity index (χ2v) is 2.01. The Balaban J connectivity index is 3.31. The van der Waals surface area contributed by atoms with Gasteiger partial charge in [-0.05, 0) is 6.92 Å². The first-order chi connectivity index (χ1) is 5.31. The van der Waals surface area contributed by atoms with E-state index in [9.17, 15) is 4.79 Å². The summed E-state index contributed by atoms with van der Waals surface area (Å²) in [6.45, 7) is 4.24. The van der Waals surface area contributed by atoms with Crippen LogP contribution in [0.1, 0.15) is 33.1 Å². The monoisotopic (exact) mass is 154 g/mol. The highest BCUT2D eigenvalue weighted by molar-refractivity contribution is 5.69. The summed E-state index contributed by atoms with van der Waals surface area (Å²) in [5, 5.41) is 0. The van der Waals surface area contributed by atoms with Crippen molar-refractivity contribution in [3.63, 3.8) is 0 Å². The molecule has 0 aliphatic carbocycles. The van der Waals surface area contributed by atoms with E-state index in [0.29, 0.717) is 19.4 Å². The van der Waals surface area contributed by atoms with Crippen LogP contribution in [0.2, 0.25) is 0 Å². The standard InChI is InChI=1S/C9H14O2/c1-3-5-6-7-8-9(10)11-4-2/h3-4,7-8H2,1-2H3. The zero-order valence-corrected chi connectivity index (χ0v) is 7.14. The molecule has 0 aromatic carbocycles. The summed E-state index contributed by atoms with van der Waals surface area (Å²) in [4.78, 5) is 10.7. The molecule has 2 nitrogen and oxygen atoms in total. The van der Waals surface area contributed by atoms with Gasteiger partial charge in [0, 0.05) is 12.8 Å². The quantitative estimate of drug-likeness (QED) is 0.457. The number of hydrogen-bond donors (Lipinski definition) is 0. The molecule has 0 saturated carbocycles. The number of carbonyl (C=O) groups excluding carboxylic acids is 1. The fraction of sp³-hybridized carbons (Fsp3) is 0.667. The predicted molar refractivity (Wildman–Crippen MR) is 43.9 cm³/mol. The van der Waals surface area contributed by atoms with E-state index in [-0.39, 0.29) is 5.97 Å². The van der Waals surface area contributed by atoms with Gasteiger partial charge in [-0.2, -0.15) is 0 Å². The topological polar surface area (TPSA) is 26.3 Å². The molecule has 0 N–H and O–H groups in total. The minimum atomic E-state index is -0.155. The van der Waals surface area contributed by atoms with Gasteiger partial charge in [-0.1, -0.05) is 6.92 Å². The zero-order chi connectivity index (χ0) is 8.53. The lowest BCUT2D eigenvalue weighted by Gasteiger charge is -1.96. The van der Waals surface area contributed by atoms with Gasteiger partial charge >= 0.3 is 5.97 Å². The summed E-state index contributed by atoms with van der Waals surface area (Å²) < 4.78 is 4.72. The third kappa shape index (κ3) is 6.92. The maximum atomic E-state index is 10.7. The first-order valence-electron chi connectivity index (χ1n) is 3.92. The van der Waals surface area contributed by atoms with Crippen molar-refractivity contribution in [2.75, 3.05) is 6.61 Å². The fourth-order valence-electron chi connectivity index (χ4n) is 0.611. The molecule has 0 spiro atoms. The number of ether oxygens (including phenoxy) is 1. The van der Waals surface area contributed by atoms with Crippen LogP contribution < -0.4 is 0 Å². The van der Waals surface area contributed by atoms with Crippen LogP contribution >= 0.6 is 0 Å². The average molecular weight is 154 g/mol. The van der Waals surface area contributed by atoms with E-state index < -0.39 is 0 Å². The number of carbonyl (C=O) groups is 1. The summed E-state index contributed by atoms with van der Waals surface area (Å²) in [7, 11) is 0. The van der Waals surface area contributed by atoms with Crippen LogP contribution in [0.4, 0.5) is 0 Å². The second kappa shape index (κ2) is 7.14. The predicted octanol–water partition coefficient (Wildman–Crippen LogP) is 1.74. The molecule has 0 aliphatic heterocycles. The number of hydrogen-bond acceptors (Lipinski definition) is 2. The van der Waals surface area contributed by atoms with Gasteiger partial charge in [-0.25, -0.2) is 0 Å². The van der Waals surface area contributed by atoms with Gasteiger partial charge in [0.1, 0.15) is 0 Å². The molecule has 2 heteroatoms. The molecule has 0 unspecified atom stereocenters. The van der Waals surface area contributed by atoms with E-state index in [1.807, 2.05) is 6.92 Å². The summed E-state index contributed by atoms with van der Waals surface area (Å²) in [5.74, 6) is 5.61. The summed E-state index contributed by atoms with van der Waals surface area (Å²) >= 11 is 0. The van der Waals surface area contributed by atoms with Gasteiger partial charge in [0.25, 0.3) is 0 Å². The molecule has 0 rings (SSSR count). The fourth-order valence-corrected chi connectivity index (χ4v) is 0.611. The Morgan fingerprint density at radius 2 is 2.09 bits per heavy atom. The van der Waals surface area contributed by atoms with E-state index in [2.05, 4.69) is 11.8 Å². The van der Waals surface area contributed by atoms with Crippen LogP contribution in [0.15, 0.2) is 0 Å². The van der Waals surface area contributed by atoms with Crippen molar-refractivity contribution in [3.8, 4) is 11.8 Å². The van der Waals surface area contributed by atoms with Crippen molar-refractivity contribution >= 4 is 5.97 Å². The van der Waals surface area contributed by atoms with Crippen LogP contribution in [-0.2, 0) is 9.53 Å². The van der Waals surface area contributed by atoms with Gasteiger partial charge < -0.3 is 4.74 Å². The molecule has 0 aromatic rings. The minimum Gasteiger partial charge on any atom is -0.466 e. The Morgan fingerprint density at radius 1 is 1.36 bits per heavy atom. The molecule has 0 heterocycles. The zero-order valence-electron chi connectivity index (χ0n) is 7.14. The Bertz CT molecular complexity index is 162. The van der Waals surface area contributed by atoms with Gasteiger partial charge in [0.15, 0.2) is 0 Å². The van der Waals surface area contributed by atoms with E-state index in [0.717, 1.165) is 6.42 Å². The Morgan fingerprint density at radius 3 is 2.64 bits per heavy atom. The van der Waals surface area contributed by atoms with Crippen LogP contribution in [-0.4, -0.2) is 12.6 Å². The van der Waals surface area contributed by atoms with Gasteiger partial charge in [-0.3, -0.25) is 4.79 Å². The van der Waals surface area contributed by atoms with Crippen molar-refractivity contribution < 1.29 is 9.53 Å². The molecule has 0 atom stereocenters. The third-order valence-electron chi connectivity index (χ3n) is 1.06. The largest absolute Gasteiger partial charge is 0.466 e. The number of esters is 1. The van der Waals surface area contributed by atoms with Crippen molar-refractivity contribution in [2.24, 2.45) is 0 Å². The van der Waals surface area contributed by atoms with Crippen molar-refractivity contribution in [1.82, 2.24) is 0 Å². The number of rotatable bonds is 3. The molecule has 0 saturated heterocycles. The van der Waals surface area contributed by atoms with Crippen molar-refractivity contribution in [1.29, 1.82) is 0 Å². The lowest BCUT2D eigenvalue weighted by atomic mass is 10.3. The second-order valence-electron chi connectivity index (χ2n) is 2.01. The van der Waals surface area contributed by atoms with E-state index in [1.54, 1.807) is 6.92 Å². The summed E-state index contributed by atoms with van der Waals surface area (Å²) in [6.07, 6.45) is 1.89. The molecule has 0 bridgehead atoms. The third-order valence-corrected chi connectivity index (χ3v) is 1.06. The van der Waals surface area contributed by atoms with E-state index in [1.165, 1.54) is 0 Å². The smallest absolute Gasteiger partial charge is 0.306 e. The first-order valence-corrected chi connectivity index (χ1v) is 3.92. The highest BCUT2D eigenvalue weighted by Gasteiger charge is 1.97. The summed E-state index contributed by atoms with van der Waals surface area (Å²) in [6, 6.07) is 0. The van der Waals surface area contributed by atoms with Gasteiger partial charge in [0.05, 0.1) is 13.0 Å². The molecule has 0 aromatic heterocycles. The lowest BCUT2D eigenvalue weighted by molar-refractivity contribution is -0.142. The highest BCUT2D eigenvalue weighted by atomic mass is 16.5. The molecular weight excluding hydrogens is 140 g/mol.